The van der Waals surface area contributed by atoms with Crippen LogP contribution in [-0.4, -0.2) is 62.9 Å². The van der Waals surface area contributed by atoms with E-state index in [0.717, 1.165) is 52.0 Å². The molecule has 1 atom stereocenters. The Morgan fingerprint density at radius 1 is 1.45 bits per heavy atom. The Labute approximate surface area is 123 Å². The van der Waals surface area contributed by atoms with E-state index < -0.39 is 5.54 Å². The average Bonchev–Trinajstić information content (AvgIpc) is 2.47. The van der Waals surface area contributed by atoms with Gasteiger partial charge in [-0.3, -0.25) is 4.79 Å². The van der Waals surface area contributed by atoms with Crippen molar-refractivity contribution in [3.8, 4) is 0 Å². The van der Waals surface area contributed by atoms with Gasteiger partial charge in [0.15, 0.2) is 0 Å². The van der Waals surface area contributed by atoms with Crippen molar-refractivity contribution in [2.24, 2.45) is 0 Å². The molecule has 1 fully saturated rings. The summed E-state index contributed by atoms with van der Waals surface area (Å²) in [4.78, 5) is 14.3. The van der Waals surface area contributed by atoms with Crippen molar-refractivity contribution >= 4 is 5.97 Å². The van der Waals surface area contributed by atoms with Crippen molar-refractivity contribution < 1.29 is 14.3 Å². The van der Waals surface area contributed by atoms with Crippen LogP contribution in [0.4, 0.5) is 0 Å². The molecule has 5 nitrogen and oxygen atoms in total. The van der Waals surface area contributed by atoms with Gasteiger partial charge in [0.25, 0.3) is 0 Å². The third-order valence-corrected chi connectivity index (χ3v) is 4.20. The lowest BCUT2D eigenvalue weighted by Gasteiger charge is -2.33. The van der Waals surface area contributed by atoms with Crippen molar-refractivity contribution in [2.45, 2.75) is 51.1 Å². The summed E-state index contributed by atoms with van der Waals surface area (Å²) in [7, 11) is 3.62. The zero-order valence-corrected chi connectivity index (χ0v) is 13.4. The molecule has 0 aliphatic carbocycles. The number of carbonyl (C=O) groups is 1. The molecule has 0 radical (unpaired) electrons. The van der Waals surface area contributed by atoms with Gasteiger partial charge in [0.2, 0.25) is 0 Å². The largest absolute Gasteiger partial charge is 0.468 e. The number of hydrogen-bond acceptors (Lipinski definition) is 5. The van der Waals surface area contributed by atoms with Crippen LogP contribution in [0.3, 0.4) is 0 Å². The highest BCUT2D eigenvalue weighted by molar-refractivity contribution is 5.80. The quantitative estimate of drug-likeness (QED) is 0.684. The minimum Gasteiger partial charge on any atom is -0.468 e. The van der Waals surface area contributed by atoms with E-state index in [-0.39, 0.29) is 5.97 Å². The molecule has 1 heterocycles. The Balaban J connectivity index is 2.37. The van der Waals surface area contributed by atoms with Gasteiger partial charge in [-0.25, -0.2) is 0 Å². The van der Waals surface area contributed by atoms with Gasteiger partial charge < -0.3 is 19.7 Å². The van der Waals surface area contributed by atoms with Gasteiger partial charge in [-0.15, -0.1) is 0 Å². The topological polar surface area (TPSA) is 50.8 Å². The van der Waals surface area contributed by atoms with Crippen LogP contribution in [0.15, 0.2) is 0 Å². The predicted molar refractivity (Wildman–Crippen MR) is 79.8 cm³/mol. The van der Waals surface area contributed by atoms with Gasteiger partial charge in [-0.05, 0) is 52.7 Å². The summed E-state index contributed by atoms with van der Waals surface area (Å²) >= 11 is 0. The molecule has 1 rings (SSSR count). The first kappa shape index (κ1) is 17.4. The van der Waals surface area contributed by atoms with Gasteiger partial charge in [-0.1, -0.05) is 6.92 Å². The summed E-state index contributed by atoms with van der Waals surface area (Å²) in [5, 5.41) is 3.25. The zero-order chi connectivity index (χ0) is 15.0. The predicted octanol–water partition coefficient (Wildman–Crippen LogP) is 1.42. The molecule has 1 aliphatic heterocycles. The Kier molecular flexibility index (Phi) is 7.48. The zero-order valence-electron chi connectivity index (χ0n) is 13.4. The summed E-state index contributed by atoms with van der Waals surface area (Å²) in [5.74, 6) is -0.173. The van der Waals surface area contributed by atoms with Crippen molar-refractivity contribution in [1.82, 2.24) is 10.2 Å². The molecule has 20 heavy (non-hydrogen) atoms. The number of esters is 1. The second kappa shape index (κ2) is 8.60. The lowest BCUT2D eigenvalue weighted by Crippen LogP contribution is -2.50. The van der Waals surface area contributed by atoms with Crippen molar-refractivity contribution in [1.29, 1.82) is 0 Å². The van der Waals surface area contributed by atoms with Gasteiger partial charge in [-0.2, -0.15) is 0 Å². The van der Waals surface area contributed by atoms with E-state index in [1.165, 1.54) is 7.11 Å². The molecular formula is C15H30N2O3. The average molecular weight is 286 g/mol. The molecule has 0 saturated carbocycles. The molecule has 118 valence electrons. The van der Waals surface area contributed by atoms with Crippen LogP contribution < -0.4 is 5.32 Å². The molecule has 1 saturated heterocycles. The molecule has 0 bridgehead atoms. The molecule has 0 amide bonds. The Hall–Kier alpha value is -0.650. The molecule has 1 N–H and O–H groups in total. The van der Waals surface area contributed by atoms with Gasteiger partial charge in [0, 0.05) is 19.3 Å². The maximum atomic E-state index is 11.9. The number of carbonyl (C=O) groups excluding carboxylic acids is 1. The fourth-order valence-corrected chi connectivity index (χ4v) is 2.87. The number of hydrogen-bond donors (Lipinski definition) is 1. The highest BCUT2D eigenvalue weighted by Crippen LogP contribution is 2.17. The summed E-state index contributed by atoms with van der Waals surface area (Å²) < 4.78 is 10.3. The Bertz CT molecular complexity index is 293. The smallest absolute Gasteiger partial charge is 0.325 e. The highest BCUT2D eigenvalue weighted by atomic mass is 16.5. The normalized spacial score (nSPS) is 19.9. The van der Waals surface area contributed by atoms with Crippen molar-refractivity contribution in [3.63, 3.8) is 0 Å². The Morgan fingerprint density at radius 2 is 2.10 bits per heavy atom. The molecule has 0 aromatic heterocycles. The molecule has 5 heteroatoms. The van der Waals surface area contributed by atoms with Crippen molar-refractivity contribution in [3.05, 3.63) is 0 Å². The fraction of sp³-hybridized carbons (Fsp3) is 0.933. The number of methoxy groups -OCH3 is 1. The monoisotopic (exact) mass is 286 g/mol. The van der Waals surface area contributed by atoms with Gasteiger partial charge >= 0.3 is 5.97 Å². The second-order valence-electron chi connectivity index (χ2n) is 5.78. The fourth-order valence-electron chi connectivity index (χ4n) is 2.87. The number of ether oxygens (including phenoxy) is 2. The summed E-state index contributed by atoms with van der Waals surface area (Å²) in [6.07, 6.45) is 3.99. The number of rotatable bonds is 8. The lowest BCUT2D eigenvalue weighted by atomic mass is 9.95. The molecule has 0 aromatic carbocycles. The van der Waals surface area contributed by atoms with Gasteiger partial charge in [0.1, 0.15) is 5.54 Å². The lowest BCUT2D eigenvalue weighted by molar-refractivity contribution is -0.148. The van der Waals surface area contributed by atoms with E-state index in [4.69, 9.17) is 9.47 Å². The molecule has 0 aromatic rings. The first-order chi connectivity index (χ1) is 9.53. The molecule has 0 spiro atoms. The van der Waals surface area contributed by atoms with Crippen LogP contribution in [0.25, 0.3) is 0 Å². The molecular weight excluding hydrogens is 256 g/mol. The number of nitrogens with zero attached hydrogens (tertiary/aromatic N) is 1. The minimum atomic E-state index is -0.569. The molecule has 1 aliphatic rings. The van der Waals surface area contributed by atoms with Crippen LogP contribution >= 0.6 is 0 Å². The highest BCUT2D eigenvalue weighted by Gasteiger charge is 2.33. The standard InChI is InChI=1S/C15H30N2O3/c1-5-16-15(2,14(18)19-4)9-6-10-17(3)13-7-11-20-12-8-13/h13,16H,5-12H2,1-4H3. The molecule has 1 unspecified atom stereocenters. The second-order valence-corrected chi connectivity index (χ2v) is 5.78. The van der Waals surface area contributed by atoms with Crippen molar-refractivity contribution in [2.75, 3.05) is 40.5 Å². The maximum absolute atomic E-state index is 11.9. The minimum absolute atomic E-state index is 0.173. The number of likely N-dealkylation sites (N-methyl/N-ethyl adjacent to an activating group) is 1. The van der Waals surface area contributed by atoms with E-state index in [2.05, 4.69) is 17.3 Å². The third-order valence-electron chi connectivity index (χ3n) is 4.20. The van der Waals surface area contributed by atoms with Crippen LogP contribution in [0.5, 0.6) is 0 Å². The van der Waals surface area contributed by atoms with E-state index in [1.807, 2.05) is 13.8 Å². The summed E-state index contributed by atoms with van der Waals surface area (Å²) in [5.41, 5.74) is -0.569. The van der Waals surface area contributed by atoms with E-state index >= 15 is 0 Å². The number of nitrogens with one attached hydrogen (secondary N) is 1. The van der Waals surface area contributed by atoms with E-state index in [9.17, 15) is 4.79 Å². The Morgan fingerprint density at radius 3 is 2.65 bits per heavy atom. The summed E-state index contributed by atoms with van der Waals surface area (Å²) in [6.45, 7) is 7.44. The SMILES string of the molecule is CCNC(C)(CCCN(C)C1CCOCC1)C(=O)OC. The first-order valence-electron chi connectivity index (χ1n) is 7.65. The third kappa shape index (κ3) is 5.04. The maximum Gasteiger partial charge on any atom is 0.325 e. The van der Waals surface area contributed by atoms with Crippen LogP contribution in [0, 0.1) is 0 Å². The summed E-state index contributed by atoms with van der Waals surface area (Å²) in [6, 6.07) is 0.618. The van der Waals surface area contributed by atoms with Crippen LogP contribution in [0.1, 0.15) is 39.5 Å². The van der Waals surface area contributed by atoms with Crippen LogP contribution in [-0.2, 0) is 14.3 Å². The first-order valence-corrected chi connectivity index (χ1v) is 7.65. The van der Waals surface area contributed by atoms with E-state index in [0.29, 0.717) is 6.04 Å². The van der Waals surface area contributed by atoms with E-state index in [1.54, 1.807) is 0 Å². The van der Waals surface area contributed by atoms with Gasteiger partial charge in [0.05, 0.1) is 7.11 Å². The van der Waals surface area contributed by atoms with Crippen LogP contribution in [0.2, 0.25) is 0 Å².